The monoisotopic (exact) mass is 534 g/mol. The molecule has 0 amide bonds. The van der Waals surface area contributed by atoms with Crippen molar-refractivity contribution in [2.75, 3.05) is 9.80 Å². The van der Waals surface area contributed by atoms with Crippen LogP contribution in [-0.4, -0.2) is 9.97 Å². The first-order valence-electron chi connectivity index (χ1n) is 13.6. The lowest BCUT2D eigenvalue weighted by Gasteiger charge is -2.34. The van der Waals surface area contributed by atoms with Crippen LogP contribution in [0, 0.1) is 0 Å². The zero-order chi connectivity index (χ0) is 26.9. The number of fused-ring (bicyclic) bond motifs is 6. The minimum atomic E-state index is 0.744. The maximum atomic E-state index is 6.49. The van der Waals surface area contributed by atoms with Crippen LogP contribution < -0.4 is 19.3 Å². The van der Waals surface area contributed by atoms with Crippen LogP contribution in [0.4, 0.5) is 28.7 Å². The molecule has 9 rings (SSSR count). The predicted molar refractivity (Wildman–Crippen MR) is 159 cm³/mol. The molecule has 0 saturated heterocycles. The molecule has 0 bridgehead atoms. The number of hydrogen-bond acceptors (Lipinski definition) is 7. The molecule has 3 aromatic heterocycles. The molecule has 3 aliphatic rings. The number of ether oxygens (including phenoxy) is 2. The van der Waals surface area contributed by atoms with Gasteiger partial charge in [-0.15, -0.1) is 0 Å². The third kappa shape index (κ3) is 3.32. The van der Waals surface area contributed by atoms with Crippen molar-refractivity contribution in [1.82, 2.24) is 9.97 Å². The van der Waals surface area contributed by atoms with Gasteiger partial charge in [0.25, 0.3) is 0 Å². The number of anilines is 5. The number of para-hydroxylation sites is 6. The molecule has 5 heterocycles. The molecular weight excluding hydrogens is 512 g/mol. The van der Waals surface area contributed by atoms with E-state index >= 15 is 0 Å². The smallest absolute Gasteiger partial charge is 0.151 e. The maximum absolute atomic E-state index is 6.49. The van der Waals surface area contributed by atoms with Gasteiger partial charge in [-0.25, -0.2) is 9.97 Å². The second-order valence-electron chi connectivity index (χ2n) is 10.2. The number of nitrogens with zero attached hydrogens (tertiary/aromatic N) is 4. The van der Waals surface area contributed by atoms with E-state index < -0.39 is 0 Å². The molecular formula is C34H22N4O3. The molecule has 0 N–H and O–H groups in total. The Morgan fingerprint density at radius 3 is 1.78 bits per heavy atom. The summed E-state index contributed by atoms with van der Waals surface area (Å²) in [6, 6.07) is 28.0. The summed E-state index contributed by atoms with van der Waals surface area (Å²) in [5.41, 5.74) is 5.42. The van der Waals surface area contributed by atoms with E-state index in [4.69, 9.17) is 23.9 Å². The topological polar surface area (TPSA) is 63.9 Å². The highest BCUT2D eigenvalue weighted by molar-refractivity contribution is 6.06. The molecule has 6 aromatic rings. The number of allylic oxidation sites excluding steroid dienone is 3. The second-order valence-corrected chi connectivity index (χ2v) is 10.2. The average molecular weight is 535 g/mol. The van der Waals surface area contributed by atoms with Crippen molar-refractivity contribution in [2.45, 2.75) is 12.8 Å². The molecule has 7 nitrogen and oxygen atoms in total. The number of pyridine rings is 2. The molecule has 0 unspecified atom stereocenters. The Morgan fingerprint density at radius 1 is 0.610 bits per heavy atom. The van der Waals surface area contributed by atoms with Gasteiger partial charge in [-0.1, -0.05) is 42.5 Å². The van der Waals surface area contributed by atoms with E-state index in [1.807, 2.05) is 91.3 Å². The molecule has 41 heavy (non-hydrogen) atoms. The Labute approximate surface area is 235 Å². The van der Waals surface area contributed by atoms with Crippen LogP contribution >= 0.6 is 0 Å². The molecule has 0 atom stereocenters. The molecule has 0 fully saturated rings. The lowest BCUT2D eigenvalue weighted by molar-refractivity contribution is 0.420. The predicted octanol–water partition coefficient (Wildman–Crippen LogP) is 9.04. The highest BCUT2D eigenvalue weighted by Gasteiger charge is 2.30. The highest BCUT2D eigenvalue weighted by Crippen LogP contribution is 2.50. The highest BCUT2D eigenvalue weighted by atomic mass is 16.5. The van der Waals surface area contributed by atoms with Crippen LogP contribution in [0.2, 0.25) is 0 Å². The molecule has 2 aliphatic heterocycles. The quantitative estimate of drug-likeness (QED) is 0.219. The second kappa shape index (κ2) is 8.47. The minimum absolute atomic E-state index is 0.744. The Kier molecular flexibility index (Phi) is 4.60. The van der Waals surface area contributed by atoms with Gasteiger partial charge in [0.1, 0.15) is 28.6 Å². The van der Waals surface area contributed by atoms with Gasteiger partial charge in [0.15, 0.2) is 17.2 Å². The summed E-state index contributed by atoms with van der Waals surface area (Å²) in [4.78, 5) is 14.1. The van der Waals surface area contributed by atoms with Crippen molar-refractivity contribution >= 4 is 50.6 Å². The summed E-state index contributed by atoms with van der Waals surface area (Å²) in [6.45, 7) is 0. The molecule has 7 heteroatoms. The van der Waals surface area contributed by atoms with E-state index in [-0.39, 0.29) is 0 Å². The third-order valence-corrected chi connectivity index (χ3v) is 7.80. The Hall–Kier alpha value is -5.56. The number of rotatable bonds is 2. The zero-order valence-electron chi connectivity index (χ0n) is 21.8. The van der Waals surface area contributed by atoms with Crippen LogP contribution in [0.15, 0.2) is 125 Å². The molecule has 3 aromatic carbocycles. The van der Waals surface area contributed by atoms with Crippen molar-refractivity contribution in [1.29, 1.82) is 0 Å². The SMILES string of the molecule is C1=CC2=C(CC1)N(c1cc3oc4cc(N5c6ccccc6Oc6ccccc65)ncc4c3cn1)c1ccccc1O2. The molecule has 0 radical (unpaired) electrons. The van der Waals surface area contributed by atoms with Gasteiger partial charge in [-0.2, -0.15) is 0 Å². The summed E-state index contributed by atoms with van der Waals surface area (Å²) in [7, 11) is 0. The first-order chi connectivity index (χ1) is 20.3. The van der Waals surface area contributed by atoms with Gasteiger partial charge in [-0.05, 0) is 55.3 Å². The Balaban J connectivity index is 1.18. The zero-order valence-corrected chi connectivity index (χ0v) is 21.8. The Bertz CT molecular complexity index is 2050. The number of hydrogen-bond donors (Lipinski definition) is 0. The summed E-state index contributed by atoms with van der Waals surface area (Å²) < 4.78 is 18.9. The van der Waals surface area contributed by atoms with E-state index in [2.05, 4.69) is 28.0 Å². The molecule has 1 aliphatic carbocycles. The fraction of sp³-hybridized carbons (Fsp3) is 0.0588. The van der Waals surface area contributed by atoms with Gasteiger partial charge < -0.3 is 13.9 Å². The molecule has 196 valence electrons. The van der Waals surface area contributed by atoms with E-state index in [0.717, 1.165) is 92.2 Å². The summed E-state index contributed by atoms with van der Waals surface area (Å²) in [6.07, 6.45) is 9.78. The van der Waals surface area contributed by atoms with Gasteiger partial charge in [0.2, 0.25) is 0 Å². The van der Waals surface area contributed by atoms with Crippen molar-refractivity contribution in [3.05, 3.63) is 121 Å². The summed E-state index contributed by atoms with van der Waals surface area (Å²) in [5.74, 6) is 4.77. The fourth-order valence-electron chi connectivity index (χ4n) is 5.94. The summed E-state index contributed by atoms with van der Waals surface area (Å²) in [5, 5.41) is 1.84. The minimum Gasteiger partial charge on any atom is -0.456 e. The number of benzene rings is 3. The van der Waals surface area contributed by atoms with E-state index in [9.17, 15) is 0 Å². The lowest BCUT2D eigenvalue weighted by Crippen LogP contribution is -2.25. The largest absolute Gasteiger partial charge is 0.456 e. The first kappa shape index (κ1) is 22.3. The average Bonchev–Trinajstić information content (AvgIpc) is 3.39. The third-order valence-electron chi connectivity index (χ3n) is 7.80. The van der Waals surface area contributed by atoms with Crippen molar-refractivity contribution in [3.8, 4) is 17.2 Å². The van der Waals surface area contributed by atoms with Crippen LogP contribution in [0.5, 0.6) is 17.2 Å². The first-order valence-corrected chi connectivity index (χ1v) is 13.6. The van der Waals surface area contributed by atoms with Gasteiger partial charge >= 0.3 is 0 Å². The van der Waals surface area contributed by atoms with Crippen LogP contribution in [0.25, 0.3) is 21.9 Å². The normalized spacial score (nSPS) is 15.2. The fourth-order valence-corrected chi connectivity index (χ4v) is 5.94. The van der Waals surface area contributed by atoms with Gasteiger partial charge in [-0.3, -0.25) is 9.80 Å². The Morgan fingerprint density at radius 2 is 1.15 bits per heavy atom. The van der Waals surface area contributed by atoms with Crippen molar-refractivity contribution in [2.24, 2.45) is 0 Å². The van der Waals surface area contributed by atoms with Crippen LogP contribution in [-0.2, 0) is 0 Å². The van der Waals surface area contributed by atoms with Crippen molar-refractivity contribution in [3.63, 3.8) is 0 Å². The van der Waals surface area contributed by atoms with Crippen molar-refractivity contribution < 1.29 is 13.9 Å². The van der Waals surface area contributed by atoms with Crippen LogP contribution in [0.3, 0.4) is 0 Å². The number of furan rings is 1. The molecule has 0 spiro atoms. The van der Waals surface area contributed by atoms with Gasteiger partial charge in [0.05, 0.1) is 22.8 Å². The lowest BCUT2D eigenvalue weighted by atomic mass is 10.0. The number of aromatic nitrogens is 2. The molecule has 0 saturated carbocycles. The van der Waals surface area contributed by atoms with Crippen LogP contribution in [0.1, 0.15) is 12.8 Å². The summed E-state index contributed by atoms with van der Waals surface area (Å²) >= 11 is 0. The van der Waals surface area contributed by atoms with E-state index in [1.165, 1.54) is 0 Å². The van der Waals surface area contributed by atoms with E-state index in [0.29, 0.717) is 0 Å². The standard InChI is InChI=1S/C34H22N4O3/c1-5-13-27-23(9-1)37(24-10-2-6-14-28(24)39-27)33-17-31-21(19-35-33)22-20-36-34(18-32(22)41-31)38-25-11-3-7-15-29(25)40-30-16-8-4-12-26(30)38/h1-3,5-11,13-20H,4,12H2. The van der Waals surface area contributed by atoms with E-state index in [1.54, 1.807) is 0 Å². The van der Waals surface area contributed by atoms with Gasteiger partial charge in [0, 0.05) is 35.3 Å². The maximum Gasteiger partial charge on any atom is 0.151 e.